The van der Waals surface area contributed by atoms with E-state index >= 15 is 0 Å². The number of amides is 2. The van der Waals surface area contributed by atoms with Crippen LogP contribution >= 0.6 is 0 Å². The van der Waals surface area contributed by atoms with Gasteiger partial charge < -0.3 is 10.2 Å². The lowest BCUT2D eigenvalue weighted by atomic mass is 10.2. The van der Waals surface area contributed by atoms with E-state index < -0.39 is 15.1 Å². The van der Waals surface area contributed by atoms with Gasteiger partial charge in [-0.25, -0.2) is 13.2 Å². The first-order valence-electron chi connectivity index (χ1n) is 9.12. The second kappa shape index (κ2) is 8.08. The molecule has 7 heteroatoms. The zero-order valence-electron chi connectivity index (χ0n) is 15.6. The average molecular weight is 388 g/mol. The van der Waals surface area contributed by atoms with E-state index in [1.165, 1.54) is 0 Å². The molecule has 1 aromatic heterocycles. The predicted octanol–water partition coefficient (Wildman–Crippen LogP) is 3.60. The van der Waals surface area contributed by atoms with Crippen molar-refractivity contribution in [3.63, 3.8) is 0 Å². The number of nitrogens with zero attached hydrogens (tertiary/aromatic N) is 2. The number of sulfone groups is 1. The molecule has 2 aromatic rings. The second-order valence-electron chi connectivity index (χ2n) is 7.20. The molecule has 1 aliphatic carbocycles. The van der Waals surface area contributed by atoms with Gasteiger partial charge in [-0.05, 0) is 56.0 Å². The fraction of sp³-hybridized carbons (Fsp3) is 0.400. The van der Waals surface area contributed by atoms with Crippen molar-refractivity contribution in [3.8, 4) is 0 Å². The summed E-state index contributed by atoms with van der Waals surface area (Å²) < 4.78 is 24.1. The highest BCUT2D eigenvalue weighted by atomic mass is 32.2. The summed E-state index contributed by atoms with van der Waals surface area (Å²) >= 11 is 0. The zero-order valence-corrected chi connectivity index (χ0v) is 16.4. The third-order valence-electron chi connectivity index (χ3n) is 4.62. The normalized spacial score (nSPS) is 14.2. The van der Waals surface area contributed by atoms with Crippen molar-refractivity contribution >= 4 is 21.6 Å². The molecule has 3 rings (SSSR count). The number of hydrogen-bond acceptors (Lipinski definition) is 4. The van der Waals surface area contributed by atoms with Crippen LogP contribution in [0.4, 0.5) is 10.5 Å². The Labute approximate surface area is 160 Å². The Morgan fingerprint density at radius 1 is 1.19 bits per heavy atom. The third kappa shape index (κ3) is 5.29. The van der Waals surface area contributed by atoms with Gasteiger partial charge in [-0.3, -0.25) is 4.98 Å². The average Bonchev–Trinajstić information content (AvgIpc) is 3.47. The van der Waals surface area contributed by atoms with Crippen molar-refractivity contribution in [2.75, 3.05) is 5.32 Å². The van der Waals surface area contributed by atoms with Crippen LogP contribution in [-0.4, -0.2) is 35.6 Å². The Bertz CT molecular complexity index is 876. The number of hydrogen-bond donors (Lipinski definition) is 1. The number of benzene rings is 1. The molecular weight excluding hydrogens is 362 g/mol. The third-order valence-corrected chi connectivity index (χ3v) is 6.79. The fourth-order valence-corrected chi connectivity index (χ4v) is 3.71. The van der Waals surface area contributed by atoms with E-state index in [1.54, 1.807) is 50.5 Å². The molecule has 0 atom stereocenters. The maximum absolute atomic E-state index is 12.7. The number of anilines is 1. The van der Waals surface area contributed by atoms with Crippen LogP contribution in [0.1, 0.15) is 37.8 Å². The van der Waals surface area contributed by atoms with E-state index in [9.17, 15) is 13.2 Å². The van der Waals surface area contributed by atoms with Gasteiger partial charge in [-0.2, -0.15) is 0 Å². The molecule has 0 bridgehead atoms. The predicted molar refractivity (Wildman–Crippen MR) is 106 cm³/mol. The van der Waals surface area contributed by atoms with E-state index in [4.69, 9.17) is 0 Å². The Morgan fingerprint density at radius 2 is 1.89 bits per heavy atom. The number of carbonyl (C=O) groups excluding carboxylic acids is 1. The van der Waals surface area contributed by atoms with Gasteiger partial charge in [0, 0.05) is 30.7 Å². The monoisotopic (exact) mass is 387 g/mol. The first kappa shape index (κ1) is 19.4. The highest BCUT2D eigenvalue weighted by molar-refractivity contribution is 7.91. The number of nitrogens with one attached hydrogen (secondary N) is 1. The minimum atomic E-state index is -3.14. The first-order valence-corrected chi connectivity index (χ1v) is 10.8. The molecule has 1 aliphatic rings. The minimum Gasteiger partial charge on any atom is -0.317 e. The molecule has 6 nitrogen and oxygen atoms in total. The topological polar surface area (TPSA) is 79.4 Å². The molecule has 144 valence electrons. The molecule has 0 unspecified atom stereocenters. The van der Waals surface area contributed by atoms with E-state index in [0.29, 0.717) is 12.2 Å². The Kier molecular flexibility index (Phi) is 5.79. The lowest BCUT2D eigenvalue weighted by Crippen LogP contribution is -2.36. The minimum absolute atomic E-state index is 0.00804. The van der Waals surface area contributed by atoms with Crippen LogP contribution in [0.2, 0.25) is 0 Å². The molecule has 2 amide bonds. The van der Waals surface area contributed by atoms with E-state index in [0.717, 1.165) is 24.0 Å². The SMILES string of the molecule is CC(C)S(=O)(=O)Cc1ccc(NC(=O)N(Cc2cccnc2)C2CC2)cc1. The summed E-state index contributed by atoms with van der Waals surface area (Å²) in [5.74, 6) is 0.00804. The van der Waals surface area contributed by atoms with Crippen molar-refractivity contribution in [2.45, 2.75) is 50.3 Å². The Hall–Kier alpha value is -2.41. The standard InChI is InChI=1S/C20H25N3O3S/c1-15(2)27(25,26)14-16-5-7-18(8-6-16)22-20(24)23(19-9-10-19)13-17-4-3-11-21-12-17/h3-8,11-12,15,19H,9-10,13-14H2,1-2H3,(H,22,24). The summed E-state index contributed by atoms with van der Waals surface area (Å²) in [6.07, 6.45) is 5.51. The Balaban J connectivity index is 1.64. The molecule has 1 N–H and O–H groups in total. The summed E-state index contributed by atoms with van der Waals surface area (Å²) in [4.78, 5) is 18.6. The largest absolute Gasteiger partial charge is 0.322 e. The van der Waals surface area contributed by atoms with Crippen LogP contribution < -0.4 is 5.32 Å². The quantitative estimate of drug-likeness (QED) is 0.787. The molecule has 1 heterocycles. The summed E-state index contributed by atoms with van der Waals surface area (Å²) in [5, 5.41) is 2.51. The van der Waals surface area contributed by atoms with Gasteiger partial charge in [0.15, 0.2) is 9.84 Å². The summed E-state index contributed by atoms with van der Waals surface area (Å²) in [5.41, 5.74) is 2.37. The number of aromatic nitrogens is 1. The molecule has 0 aliphatic heterocycles. The zero-order chi connectivity index (χ0) is 19.4. The Morgan fingerprint density at radius 3 is 2.44 bits per heavy atom. The van der Waals surface area contributed by atoms with Crippen LogP contribution in [0.25, 0.3) is 0 Å². The molecule has 1 saturated carbocycles. The van der Waals surface area contributed by atoms with Crippen molar-refractivity contribution in [1.29, 1.82) is 0 Å². The van der Waals surface area contributed by atoms with E-state index in [-0.39, 0.29) is 17.8 Å². The van der Waals surface area contributed by atoms with Crippen molar-refractivity contribution in [3.05, 3.63) is 59.9 Å². The van der Waals surface area contributed by atoms with Crippen LogP contribution in [0.5, 0.6) is 0 Å². The molecule has 27 heavy (non-hydrogen) atoms. The second-order valence-corrected chi connectivity index (χ2v) is 9.76. The summed E-state index contributed by atoms with van der Waals surface area (Å²) in [6.45, 7) is 3.88. The van der Waals surface area contributed by atoms with Gasteiger partial charge in [-0.1, -0.05) is 18.2 Å². The van der Waals surface area contributed by atoms with Crippen LogP contribution in [0, 0.1) is 0 Å². The van der Waals surface area contributed by atoms with Crippen molar-refractivity contribution in [1.82, 2.24) is 9.88 Å². The van der Waals surface area contributed by atoms with Gasteiger partial charge in [0.05, 0.1) is 11.0 Å². The number of rotatable bonds is 7. The first-order chi connectivity index (χ1) is 12.8. The van der Waals surface area contributed by atoms with Crippen LogP contribution in [-0.2, 0) is 22.1 Å². The van der Waals surface area contributed by atoms with Crippen molar-refractivity contribution in [2.24, 2.45) is 0 Å². The van der Waals surface area contributed by atoms with Gasteiger partial charge in [-0.15, -0.1) is 0 Å². The van der Waals surface area contributed by atoms with Gasteiger partial charge in [0.25, 0.3) is 0 Å². The molecule has 0 saturated heterocycles. The maximum Gasteiger partial charge on any atom is 0.322 e. The van der Waals surface area contributed by atoms with Crippen molar-refractivity contribution < 1.29 is 13.2 Å². The fourth-order valence-electron chi connectivity index (χ4n) is 2.72. The number of urea groups is 1. The van der Waals surface area contributed by atoms with Gasteiger partial charge >= 0.3 is 6.03 Å². The maximum atomic E-state index is 12.7. The molecule has 0 spiro atoms. The smallest absolute Gasteiger partial charge is 0.317 e. The number of pyridine rings is 1. The molecular formula is C20H25N3O3S. The lowest BCUT2D eigenvalue weighted by Gasteiger charge is -2.23. The highest BCUT2D eigenvalue weighted by Gasteiger charge is 2.32. The number of carbonyl (C=O) groups is 1. The van der Waals surface area contributed by atoms with Crippen LogP contribution in [0.15, 0.2) is 48.8 Å². The highest BCUT2D eigenvalue weighted by Crippen LogP contribution is 2.29. The van der Waals surface area contributed by atoms with E-state index in [1.807, 2.05) is 17.0 Å². The van der Waals surface area contributed by atoms with Crippen LogP contribution in [0.3, 0.4) is 0 Å². The molecule has 0 radical (unpaired) electrons. The lowest BCUT2D eigenvalue weighted by molar-refractivity contribution is 0.206. The summed E-state index contributed by atoms with van der Waals surface area (Å²) in [6, 6.07) is 10.9. The molecule has 1 fully saturated rings. The molecule has 1 aromatic carbocycles. The van der Waals surface area contributed by atoms with E-state index in [2.05, 4.69) is 10.3 Å². The van der Waals surface area contributed by atoms with Gasteiger partial charge in [0.1, 0.15) is 0 Å². The summed E-state index contributed by atoms with van der Waals surface area (Å²) in [7, 11) is -3.14. The van der Waals surface area contributed by atoms with Gasteiger partial charge in [0.2, 0.25) is 0 Å².